The average Bonchev–Trinajstić information content (AvgIpc) is 2.30. The molecule has 0 aliphatic heterocycles. The van der Waals surface area contributed by atoms with Crippen LogP contribution in [0.25, 0.3) is 11.1 Å². The van der Waals surface area contributed by atoms with Gasteiger partial charge in [-0.25, -0.2) is 0 Å². The Hall–Kier alpha value is -1.04. The zero-order valence-corrected chi connectivity index (χ0v) is 10.9. The third kappa shape index (κ3) is 5.21. The van der Waals surface area contributed by atoms with Gasteiger partial charge in [-0.15, -0.1) is 0 Å². The molecule has 0 aliphatic carbocycles. The van der Waals surface area contributed by atoms with E-state index in [1.165, 1.54) is 14.7 Å². The molecular weight excluding hydrogens is 340 g/mol. The molecule has 0 saturated heterocycles. The Balaban J connectivity index is 0.000000317. The van der Waals surface area contributed by atoms with Crippen molar-refractivity contribution in [1.29, 1.82) is 0 Å². The molecule has 0 nitrogen and oxygen atoms in total. The van der Waals surface area contributed by atoms with Crippen LogP contribution in [0, 0.1) is 3.57 Å². The molecule has 0 amide bonds. The van der Waals surface area contributed by atoms with E-state index in [0.717, 1.165) is 0 Å². The maximum absolute atomic E-state index is 9.67. The summed E-state index contributed by atoms with van der Waals surface area (Å²) in [6.07, 6.45) is 0. The van der Waals surface area contributed by atoms with E-state index in [-0.39, 0.29) is 0 Å². The second-order valence-corrected chi connectivity index (χ2v) is 4.26. The van der Waals surface area contributed by atoms with Crippen LogP contribution in [-0.4, -0.2) is 6.68 Å². The molecule has 0 radical (unpaired) electrons. The molecule has 0 heterocycles. The van der Waals surface area contributed by atoms with Crippen molar-refractivity contribution in [1.82, 2.24) is 0 Å². The zero-order valence-electron chi connectivity index (χ0n) is 8.79. The third-order valence-electron chi connectivity index (χ3n) is 1.96. The zero-order chi connectivity index (χ0) is 12.7. The number of alkyl halides is 3. The number of rotatable bonds is 1. The number of hydrogen-bond acceptors (Lipinski definition) is 0. The molecule has 0 aliphatic rings. The summed E-state index contributed by atoms with van der Waals surface area (Å²) in [5.74, 6) is 0. The minimum atomic E-state index is -3.67. The molecular formula is C13H10F3I. The summed E-state index contributed by atoms with van der Waals surface area (Å²) >= 11 is 2.36. The Bertz CT molecular complexity index is 441. The SMILES string of the molecule is FC(F)F.Ic1ccccc1-c1ccccc1. The Morgan fingerprint density at radius 3 is 1.76 bits per heavy atom. The summed E-state index contributed by atoms with van der Waals surface area (Å²) in [4.78, 5) is 0. The first-order chi connectivity index (χ1) is 8.11. The highest BCUT2D eigenvalue weighted by atomic mass is 127. The van der Waals surface area contributed by atoms with Crippen LogP contribution in [0.3, 0.4) is 0 Å². The van der Waals surface area contributed by atoms with Crippen LogP contribution < -0.4 is 0 Å². The van der Waals surface area contributed by atoms with Gasteiger partial charge in [-0.2, -0.15) is 13.2 Å². The first-order valence-corrected chi connectivity index (χ1v) is 5.91. The molecule has 0 bridgehead atoms. The normalized spacial score (nSPS) is 9.71. The van der Waals surface area contributed by atoms with Gasteiger partial charge in [0.25, 0.3) is 0 Å². The summed E-state index contributed by atoms with van der Waals surface area (Å²) in [5.41, 5.74) is 2.59. The van der Waals surface area contributed by atoms with Gasteiger partial charge in [0.1, 0.15) is 0 Å². The lowest BCUT2D eigenvalue weighted by Gasteiger charge is -2.02. The van der Waals surface area contributed by atoms with E-state index in [4.69, 9.17) is 0 Å². The highest BCUT2D eigenvalue weighted by Crippen LogP contribution is 2.24. The summed E-state index contributed by atoms with van der Waals surface area (Å²) in [6.45, 7) is -3.67. The van der Waals surface area contributed by atoms with E-state index in [1.54, 1.807) is 0 Å². The second kappa shape index (κ2) is 7.32. The van der Waals surface area contributed by atoms with Crippen LogP contribution >= 0.6 is 22.6 Å². The lowest BCUT2D eigenvalue weighted by atomic mass is 10.1. The monoisotopic (exact) mass is 350 g/mol. The lowest BCUT2D eigenvalue weighted by Crippen LogP contribution is -1.80. The molecule has 90 valence electrons. The van der Waals surface area contributed by atoms with Crippen molar-refractivity contribution >= 4 is 22.6 Å². The van der Waals surface area contributed by atoms with E-state index >= 15 is 0 Å². The molecule has 0 unspecified atom stereocenters. The standard InChI is InChI=1S/C12H9I.CHF3/c13-12-9-5-4-8-11(12)10-6-2-1-3-7-10;2-1(3)4/h1-9H;1H. The van der Waals surface area contributed by atoms with Crippen molar-refractivity contribution < 1.29 is 13.2 Å². The molecule has 0 spiro atoms. The smallest absolute Gasteiger partial charge is 0.174 e. The minimum absolute atomic E-state index is 1.28. The van der Waals surface area contributed by atoms with E-state index in [9.17, 15) is 13.2 Å². The van der Waals surface area contributed by atoms with Crippen LogP contribution in [0.1, 0.15) is 0 Å². The Morgan fingerprint density at radius 1 is 0.765 bits per heavy atom. The van der Waals surface area contributed by atoms with Gasteiger partial charge in [0.05, 0.1) is 0 Å². The van der Waals surface area contributed by atoms with Gasteiger partial charge in [-0.3, -0.25) is 0 Å². The first-order valence-electron chi connectivity index (χ1n) is 4.83. The lowest BCUT2D eigenvalue weighted by molar-refractivity contribution is 0.00819. The fourth-order valence-corrected chi connectivity index (χ4v) is 2.01. The van der Waals surface area contributed by atoms with Gasteiger partial charge in [-0.05, 0) is 39.8 Å². The Kier molecular flexibility index (Phi) is 6.04. The van der Waals surface area contributed by atoms with Crippen LogP contribution in [0.5, 0.6) is 0 Å². The molecule has 2 aromatic carbocycles. The van der Waals surface area contributed by atoms with Crippen molar-refractivity contribution in [2.24, 2.45) is 0 Å². The van der Waals surface area contributed by atoms with Crippen LogP contribution in [0.4, 0.5) is 13.2 Å². The van der Waals surface area contributed by atoms with Gasteiger partial charge in [0.2, 0.25) is 0 Å². The van der Waals surface area contributed by atoms with Crippen LogP contribution in [0.2, 0.25) is 0 Å². The summed E-state index contributed by atoms with van der Waals surface area (Å²) in [7, 11) is 0. The molecule has 0 atom stereocenters. The maximum atomic E-state index is 9.67. The average molecular weight is 350 g/mol. The number of benzene rings is 2. The van der Waals surface area contributed by atoms with Crippen molar-refractivity contribution in [2.45, 2.75) is 6.68 Å². The summed E-state index contributed by atoms with van der Waals surface area (Å²) < 4.78 is 30.3. The fourth-order valence-electron chi connectivity index (χ4n) is 1.31. The molecule has 0 N–H and O–H groups in total. The summed E-state index contributed by atoms with van der Waals surface area (Å²) in [6, 6.07) is 18.9. The van der Waals surface area contributed by atoms with E-state index in [2.05, 4.69) is 71.1 Å². The van der Waals surface area contributed by atoms with Gasteiger partial charge in [0, 0.05) is 3.57 Å². The predicted molar refractivity (Wildman–Crippen MR) is 71.7 cm³/mol. The molecule has 4 heteroatoms. The van der Waals surface area contributed by atoms with Crippen molar-refractivity contribution in [3.05, 3.63) is 58.2 Å². The molecule has 0 aromatic heterocycles. The van der Waals surface area contributed by atoms with Gasteiger partial charge >= 0.3 is 6.68 Å². The fraction of sp³-hybridized carbons (Fsp3) is 0.0769. The minimum Gasteiger partial charge on any atom is -0.174 e. The third-order valence-corrected chi connectivity index (χ3v) is 2.90. The number of hydrogen-bond donors (Lipinski definition) is 0. The van der Waals surface area contributed by atoms with E-state index in [0.29, 0.717) is 0 Å². The Labute approximate surface area is 112 Å². The van der Waals surface area contributed by atoms with Crippen molar-refractivity contribution in [3.8, 4) is 11.1 Å². The topological polar surface area (TPSA) is 0 Å². The largest absolute Gasteiger partial charge is 0.379 e. The van der Waals surface area contributed by atoms with E-state index in [1.807, 2.05) is 6.07 Å². The van der Waals surface area contributed by atoms with E-state index < -0.39 is 6.68 Å². The Morgan fingerprint density at radius 2 is 1.24 bits per heavy atom. The predicted octanol–water partition coefficient (Wildman–Crippen LogP) is 5.14. The highest BCUT2D eigenvalue weighted by molar-refractivity contribution is 14.1. The van der Waals surface area contributed by atoms with Crippen LogP contribution in [-0.2, 0) is 0 Å². The van der Waals surface area contributed by atoms with Gasteiger partial charge in [0.15, 0.2) is 0 Å². The van der Waals surface area contributed by atoms with Crippen molar-refractivity contribution in [3.63, 3.8) is 0 Å². The highest BCUT2D eigenvalue weighted by Gasteiger charge is 1.99. The maximum Gasteiger partial charge on any atom is 0.379 e. The quantitative estimate of drug-likeness (QED) is 0.625. The molecule has 2 aromatic rings. The second-order valence-electron chi connectivity index (χ2n) is 3.09. The van der Waals surface area contributed by atoms with Gasteiger partial charge < -0.3 is 0 Å². The molecule has 0 saturated carbocycles. The molecule has 17 heavy (non-hydrogen) atoms. The van der Waals surface area contributed by atoms with Crippen molar-refractivity contribution in [2.75, 3.05) is 0 Å². The molecule has 0 fully saturated rings. The molecule has 2 rings (SSSR count). The first kappa shape index (κ1) is 14.0. The summed E-state index contributed by atoms with van der Waals surface area (Å²) in [5, 5.41) is 0. The van der Waals surface area contributed by atoms with Gasteiger partial charge in [-0.1, -0.05) is 48.5 Å². The number of halogens is 4. The van der Waals surface area contributed by atoms with Crippen LogP contribution in [0.15, 0.2) is 54.6 Å².